The molecule has 0 bridgehead atoms. The second-order valence-corrected chi connectivity index (χ2v) is 11.3. The van der Waals surface area contributed by atoms with Crippen molar-refractivity contribution in [3.8, 4) is 5.75 Å². The summed E-state index contributed by atoms with van der Waals surface area (Å²) in [7, 11) is 0. The molecule has 2 N–H and O–H groups in total. The molecule has 0 radical (unpaired) electrons. The smallest absolute Gasteiger partial charge is 0.490 e. The molecule has 0 aromatic heterocycles. The Morgan fingerprint density at radius 1 is 0.976 bits per heavy atom. The fourth-order valence-corrected chi connectivity index (χ4v) is 6.37. The Morgan fingerprint density at radius 3 is 2.60 bits per heavy atom. The summed E-state index contributed by atoms with van der Waals surface area (Å²) in [5.41, 5.74) is 6.42. The van der Waals surface area contributed by atoms with Gasteiger partial charge < -0.3 is 44.3 Å². The van der Waals surface area contributed by atoms with Crippen molar-refractivity contribution in [3.05, 3.63) is 104 Å². The third kappa shape index (κ3) is 8.12. The summed E-state index contributed by atoms with van der Waals surface area (Å²) in [6, 6.07) is 27.0. The van der Waals surface area contributed by atoms with Crippen molar-refractivity contribution in [2.45, 2.75) is 50.5 Å². The summed E-state index contributed by atoms with van der Waals surface area (Å²) in [5, 5.41) is 7.33. The molecule has 3 aliphatic heterocycles. The summed E-state index contributed by atoms with van der Waals surface area (Å²) in [6.07, 6.45) is 3.32. The minimum atomic E-state index is 0. The number of ether oxygens (including phenoxy) is 2. The second kappa shape index (κ2) is 16.2. The Balaban J connectivity index is 0.00000202. The molecular weight excluding hydrogens is 746 g/mol. The van der Waals surface area contributed by atoms with Crippen LogP contribution in [-0.4, -0.2) is 58.0 Å². The normalized spacial score (nSPS) is 21.6. The molecule has 222 valence electrons. The van der Waals surface area contributed by atoms with Crippen LogP contribution in [0, 0.1) is 45.5 Å². The topological polar surface area (TPSA) is 49.0 Å². The number of fused-ring (bicyclic) bond motifs is 1. The fraction of sp³-hybridized carbons (Fsp3) is 0.429. The van der Waals surface area contributed by atoms with Gasteiger partial charge in [0.05, 0.1) is 24.9 Å². The second-order valence-electron chi connectivity index (χ2n) is 11.3. The molecule has 3 aliphatic rings. The van der Waals surface area contributed by atoms with Gasteiger partial charge in [-0.25, -0.2) is 0 Å². The van der Waals surface area contributed by atoms with Gasteiger partial charge in [-0.15, -0.1) is 0 Å². The van der Waals surface area contributed by atoms with Crippen molar-refractivity contribution in [3.63, 3.8) is 0 Å². The zero-order chi connectivity index (χ0) is 27.1. The van der Waals surface area contributed by atoms with E-state index in [0.29, 0.717) is 18.6 Å². The van der Waals surface area contributed by atoms with Crippen LogP contribution in [0.15, 0.2) is 72.8 Å². The maximum Gasteiger partial charge on any atom is 2.00 e. The van der Waals surface area contributed by atoms with Crippen LogP contribution in [-0.2, 0) is 17.9 Å². The van der Waals surface area contributed by atoms with E-state index in [1.54, 1.807) is 0 Å². The number of anilines is 2. The van der Waals surface area contributed by atoms with Gasteiger partial charge in [0.1, 0.15) is 12.4 Å². The van der Waals surface area contributed by atoms with Crippen LogP contribution in [0.2, 0.25) is 0 Å². The molecule has 42 heavy (non-hydrogen) atoms. The predicted octanol–water partition coefficient (Wildman–Crippen LogP) is 5.59. The van der Waals surface area contributed by atoms with Crippen molar-refractivity contribution < 1.29 is 40.6 Å². The molecular formula is C35H46N4O2U. The van der Waals surface area contributed by atoms with Crippen LogP contribution in [0.25, 0.3) is 0 Å². The zero-order valence-corrected chi connectivity index (χ0v) is 29.2. The summed E-state index contributed by atoms with van der Waals surface area (Å²) in [6.45, 7) is 12.3. The molecule has 0 aliphatic carbocycles. The standard InChI is InChI=1S/C34H43N4O2.CH3.U/c1-2-17-37-19-20-39-33-13-10-27(21-32(33)37)25-40-34-23-35-16-14-31(34)28-11-8-26(9-12-28)22-36-29-15-18-38(24-29)30-6-4-3-5-7-30;;/h3-13,21,29,31,34-36H,1-2,14-20,22-25H2;1H3;/q2*-1;+2/t29-,31-,34+;;/m1../s1. The van der Waals surface area contributed by atoms with E-state index in [9.17, 15) is 0 Å². The van der Waals surface area contributed by atoms with E-state index in [1.807, 2.05) is 0 Å². The van der Waals surface area contributed by atoms with E-state index in [2.05, 4.69) is 100 Å². The van der Waals surface area contributed by atoms with Crippen molar-refractivity contribution >= 4 is 11.4 Å². The Morgan fingerprint density at radius 2 is 1.79 bits per heavy atom. The molecule has 0 spiro atoms. The number of nitrogens with zero attached hydrogens (tertiary/aromatic N) is 2. The van der Waals surface area contributed by atoms with Gasteiger partial charge in [0.25, 0.3) is 0 Å². The number of rotatable bonds is 10. The SMILES string of the molecule is [CH2-]CCN1CCOc2ccc(CO[C@H]3CNCC[C@@H]3c3ccc(CN[C@@H]4CCN(c5ccccc5)C4)cc3)cc21.[CH3-].[U+2]. The zero-order valence-electron chi connectivity index (χ0n) is 25.1. The van der Waals surface area contributed by atoms with E-state index in [-0.39, 0.29) is 44.6 Å². The summed E-state index contributed by atoms with van der Waals surface area (Å²) in [5.74, 6) is 1.37. The van der Waals surface area contributed by atoms with E-state index in [1.165, 1.54) is 34.5 Å². The number of hydrogen-bond acceptors (Lipinski definition) is 6. The summed E-state index contributed by atoms with van der Waals surface area (Å²) < 4.78 is 12.4. The van der Waals surface area contributed by atoms with Crippen LogP contribution >= 0.6 is 0 Å². The van der Waals surface area contributed by atoms with E-state index < -0.39 is 0 Å². The van der Waals surface area contributed by atoms with Crippen molar-refractivity contribution in [2.75, 3.05) is 55.7 Å². The molecule has 0 saturated carbocycles. The van der Waals surface area contributed by atoms with Crippen molar-refractivity contribution in [1.29, 1.82) is 0 Å². The molecule has 6 rings (SSSR count). The minimum Gasteiger partial charge on any atom is -0.490 e. The Hall–Kier alpha value is -2.01. The largest absolute Gasteiger partial charge is 2.00 e. The third-order valence-electron chi connectivity index (χ3n) is 8.61. The number of hydrogen-bond donors (Lipinski definition) is 2. The minimum absolute atomic E-state index is 0. The van der Waals surface area contributed by atoms with Gasteiger partial charge in [0.2, 0.25) is 0 Å². The van der Waals surface area contributed by atoms with Gasteiger partial charge in [-0.3, -0.25) is 0 Å². The predicted molar refractivity (Wildman–Crippen MR) is 170 cm³/mol. The monoisotopic (exact) mass is 792 g/mol. The molecule has 3 heterocycles. The maximum atomic E-state index is 6.56. The molecule has 0 amide bonds. The van der Waals surface area contributed by atoms with Gasteiger partial charge >= 0.3 is 31.1 Å². The first-order valence-electron chi connectivity index (χ1n) is 15.0. The number of benzene rings is 3. The van der Waals surface area contributed by atoms with Crippen molar-refractivity contribution in [1.82, 2.24) is 10.6 Å². The van der Waals surface area contributed by atoms with Crippen LogP contribution in [0.3, 0.4) is 0 Å². The molecule has 7 heteroatoms. The number of piperidine rings is 1. The van der Waals surface area contributed by atoms with E-state index in [0.717, 1.165) is 71.0 Å². The van der Waals surface area contributed by atoms with E-state index in [4.69, 9.17) is 9.47 Å². The average molecular weight is 793 g/mol. The van der Waals surface area contributed by atoms with Gasteiger partial charge in [0, 0.05) is 43.8 Å². The van der Waals surface area contributed by atoms with Crippen LogP contribution in [0.1, 0.15) is 41.9 Å². The van der Waals surface area contributed by atoms with Crippen molar-refractivity contribution in [2.24, 2.45) is 0 Å². The molecule has 3 aromatic carbocycles. The maximum absolute atomic E-state index is 6.56. The first kappa shape index (κ1) is 32.9. The van der Waals surface area contributed by atoms with Gasteiger partial charge in [-0.05, 0) is 66.9 Å². The number of nitrogens with one attached hydrogen (secondary N) is 2. The Bertz CT molecular complexity index is 1230. The van der Waals surface area contributed by atoms with Gasteiger partial charge in [-0.2, -0.15) is 6.42 Å². The van der Waals surface area contributed by atoms with Crippen LogP contribution in [0.4, 0.5) is 11.4 Å². The number of para-hydroxylation sites is 1. The van der Waals surface area contributed by atoms with Gasteiger partial charge in [-0.1, -0.05) is 48.5 Å². The van der Waals surface area contributed by atoms with Gasteiger partial charge in [0.15, 0.2) is 0 Å². The van der Waals surface area contributed by atoms with Crippen LogP contribution < -0.4 is 25.2 Å². The van der Waals surface area contributed by atoms with Crippen LogP contribution in [0.5, 0.6) is 5.75 Å². The molecule has 6 nitrogen and oxygen atoms in total. The first-order valence-corrected chi connectivity index (χ1v) is 15.0. The third-order valence-corrected chi connectivity index (χ3v) is 8.61. The summed E-state index contributed by atoms with van der Waals surface area (Å²) >= 11 is 0. The molecule has 3 atom stereocenters. The van der Waals surface area contributed by atoms with E-state index >= 15 is 0 Å². The Labute approximate surface area is 276 Å². The molecule has 2 saturated heterocycles. The quantitative estimate of drug-likeness (QED) is 0.262. The first-order chi connectivity index (χ1) is 19.8. The molecule has 2 fully saturated rings. The summed E-state index contributed by atoms with van der Waals surface area (Å²) in [4.78, 5) is 4.86. The average Bonchev–Trinajstić information content (AvgIpc) is 3.49. The Kier molecular flexibility index (Phi) is 12.7. The fourth-order valence-electron chi connectivity index (χ4n) is 6.37. The molecule has 3 aromatic rings. The molecule has 0 unspecified atom stereocenters.